The maximum atomic E-state index is 6.83. The number of thiophene rings is 1. The fourth-order valence-corrected chi connectivity index (χ4v) is 9.98. The van der Waals surface area contributed by atoms with Gasteiger partial charge >= 0.3 is 0 Å². The van der Waals surface area contributed by atoms with Crippen molar-refractivity contribution in [3.05, 3.63) is 199 Å². The standard InChI is InChI=1S/C50H33NOS/c1-50(40-18-8-5-15-36(40)37-16-6-9-19-41(37)50)34-27-30-38-45(31-34)52-44-22-11-20-42(48(38)44)51(35-28-25-33(26-29-35)32-13-3-2-4-14-32)43-21-12-24-47-49(43)39-17-7-10-23-46(39)53-47/h2-31H,1H3. The van der Waals surface area contributed by atoms with Gasteiger partial charge in [0.25, 0.3) is 0 Å². The Labute approximate surface area is 311 Å². The van der Waals surface area contributed by atoms with Crippen LogP contribution in [0.1, 0.15) is 23.6 Å². The molecule has 0 spiro atoms. The molecule has 0 aliphatic heterocycles. The number of anilines is 3. The normalized spacial score (nSPS) is 13.2. The highest BCUT2D eigenvalue weighted by Crippen LogP contribution is 2.53. The second kappa shape index (κ2) is 11.5. The highest BCUT2D eigenvalue weighted by atomic mass is 32.1. The predicted molar refractivity (Wildman–Crippen MR) is 224 cm³/mol. The SMILES string of the molecule is CC1(c2ccc3c(c2)oc2cccc(N(c4ccc(-c5ccccc5)cc4)c4cccc5sc6ccccc6c45)c23)c2ccccc2-c2ccccc21. The Morgan fingerprint density at radius 2 is 1.09 bits per heavy atom. The molecule has 2 heterocycles. The average molecular weight is 696 g/mol. The molecule has 250 valence electrons. The van der Waals surface area contributed by atoms with E-state index in [1.54, 1.807) is 0 Å². The summed E-state index contributed by atoms with van der Waals surface area (Å²) in [5.41, 5.74) is 13.7. The van der Waals surface area contributed by atoms with E-state index in [1.807, 2.05) is 11.3 Å². The summed E-state index contributed by atoms with van der Waals surface area (Å²) in [7, 11) is 0. The van der Waals surface area contributed by atoms with Crippen LogP contribution in [0.5, 0.6) is 0 Å². The summed E-state index contributed by atoms with van der Waals surface area (Å²) in [6.07, 6.45) is 0. The number of nitrogens with zero attached hydrogens (tertiary/aromatic N) is 1. The Hall–Kier alpha value is -6.42. The van der Waals surface area contributed by atoms with Crippen molar-refractivity contribution in [3.8, 4) is 22.3 Å². The second-order valence-corrected chi connectivity index (χ2v) is 15.3. The van der Waals surface area contributed by atoms with E-state index < -0.39 is 0 Å². The van der Waals surface area contributed by atoms with Gasteiger partial charge in [-0.1, -0.05) is 133 Å². The fraction of sp³-hybridized carbons (Fsp3) is 0.0400. The van der Waals surface area contributed by atoms with Crippen LogP contribution < -0.4 is 4.90 Å². The van der Waals surface area contributed by atoms with Gasteiger partial charge in [0.05, 0.1) is 16.8 Å². The Balaban J connectivity index is 1.14. The van der Waals surface area contributed by atoms with Crippen molar-refractivity contribution < 1.29 is 4.42 Å². The maximum absolute atomic E-state index is 6.83. The van der Waals surface area contributed by atoms with E-state index in [9.17, 15) is 0 Å². The second-order valence-electron chi connectivity index (χ2n) is 14.2. The minimum Gasteiger partial charge on any atom is -0.456 e. The summed E-state index contributed by atoms with van der Waals surface area (Å²) in [6, 6.07) is 66.1. The van der Waals surface area contributed by atoms with Gasteiger partial charge in [-0.05, 0) is 94.4 Å². The van der Waals surface area contributed by atoms with Crippen LogP contribution in [0, 0.1) is 0 Å². The van der Waals surface area contributed by atoms with Gasteiger partial charge < -0.3 is 9.32 Å². The number of fused-ring (bicyclic) bond motifs is 9. The zero-order valence-corrected chi connectivity index (χ0v) is 29.9. The molecule has 0 bridgehead atoms. The first kappa shape index (κ1) is 30.2. The van der Waals surface area contributed by atoms with Crippen molar-refractivity contribution in [2.24, 2.45) is 0 Å². The lowest BCUT2D eigenvalue weighted by Gasteiger charge is -2.28. The molecule has 0 N–H and O–H groups in total. The summed E-state index contributed by atoms with van der Waals surface area (Å²) in [6.45, 7) is 2.36. The molecule has 2 nitrogen and oxygen atoms in total. The van der Waals surface area contributed by atoms with Crippen molar-refractivity contribution in [3.63, 3.8) is 0 Å². The lowest BCUT2D eigenvalue weighted by molar-refractivity contribution is 0.662. The number of benzene rings is 8. The van der Waals surface area contributed by atoms with Crippen LogP contribution >= 0.6 is 11.3 Å². The van der Waals surface area contributed by atoms with Crippen LogP contribution in [-0.4, -0.2) is 0 Å². The molecule has 10 aromatic rings. The van der Waals surface area contributed by atoms with Crippen molar-refractivity contribution in [1.29, 1.82) is 0 Å². The van der Waals surface area contributed by atoms with E-state index >= 15 is 0 Å². The van der Waals surface area contributed by atoms with Crippen molar-refractivity contribution in [2.45, 2.75) is 12.3 Å². The molecule has 8 aromatic carbocycles. The molecule has 0 fully saturated rings. The number of furan rings is 1. The Kier molecular flexibility index (Phi) is 6.58. The molecule has 53 heavy (non-hydrogen) atoms. The highest BCUT2D eigenvalue weighted by Gasteiger charge is 2.40. The molecular weight excluding hydrogens is 663 g/mol. The Bertz CT molecular complexity index is 2980. The van der Waals surface area contributed by atoms with Crippen LogP contribution in [-0.2, 0) is 5.41 Å². The summed E-state index contributed by atoms with van der Waals surface area (Å²) in [5, 5.41) is 4.75. The first-order valence-electron chi connectivity index (χ1n) is 18.2. The lowest BCUT2D eigenvalue weighted by atomic mass is 9.74. The third-order valence-corrected chi connectivity index (χ3v) is 12.5. The van der Waals surface area contributed by atoms with E-state index in [1.165, 1.54) is 59.1 Å². The van der Waals surface area contributed by atoms with Gasteiger partial charge in [-0.25, -0.2) is 0 Å². The van der Waals surface area contributed by atoms with Crippen LogP contribution in [0.25, 0.3) is 64.4 Å². The summed E-state index contributed by atoms with van der Waals surface area (Å²) in [5.74, 6) is 0. The van der Waals surface area contributed by atoms with Gasteiger partial charge in [0.1, 0.15) is 11.2 Å². The quantitative estimate of drug-likeness (QED) is 0.178. The van der Waals surface area contributed by atoms with E-state index in [0.29, 0.717) is 0 Å². The molecule has 3 heteroatoms. The van der Waals surface area contributed by atoms with Gasteiger partial charge in [-0.3, -0.25) is 0 Å². The molecule has 11 rings (SSSR count). The number of hydrogen-bond donors (Lipinski definition) is 0. The minimum absolute atomic E-state index is 0.300. The Morgan fingerprint density at radius 3 is 1.87 bits per heavy atom. The fourth-order valence-electron chi connectivity index (χ4n) is 8.85. The van der Waals surface area contributed by atoms with Gasteiger partial charge in [0.15, 0.2) is 0 Å². The first-order valence-corrected chi connectivity index (χ1v) is 19.0. The monoisotopic (exact) mass is 695 g/mol. The zero-order valence-electron chi connectivity index (χ0n) is 29.1. The van der Waals surface area contributed by atoms with Gasteiger partial charge in [0, 0.05) is 36.7 Å². The van der Waals surface area contributed by atoms with E-state index in [-0.39, 0.29) is 5.41 Å². The van der Waals surface area contributed by atoms with Crippen LogP contribution in [0.2, 0.25) is 0 Å². The summed E-state index contributed by atoms with van der Waals surface area (Å²) >= 11 is 1.85. The van der Waals surface area contributed by atoms with Crippen molar-refractivity contribution >= 4 is 70.5 Å². The van der Waals surface area contributed by atoms with E-state index in [2.05, 4.69) is 194 Å². The molecule has 0 radical (unpaired) electrons. The molecule has 0 saturated carbocycles. The van der Waals surface area contributed by atoms with E-state index in [0.717, 1.165) is 39.0 Å². The summed E-state index contributed by atoms with van der Waals surface area (Å²) < 4.78 is 9.39. The Morgan fingerprint density at radius 1 is 0.472 bits per heavy atom. The largest absolute Gasteiger partial charge is 0.456 e. The maximum Gasteiger partial charge on any atom is 0.137 e. The third kappa shape index (κ3) is 4.44. The smallest absolute Gasteiger partial charge is 0.137 e. The molecule has 1 aliphatic carbocycles. The molecule has 0 atom stereocenters. The van der Waals surface area contributed by atoms with Crippen LogP contribution in [0.4, 0.5) is 17.1 Å². The lowest BCUT2D eigenvalue weighted by Crippen LogP contribution is -2.22. The van der Waals surface area contributed by atoms with Gasteiger partial charge in [-0.2, -0.15) is 0 Å². The minimum atomic E-state index is -0.300. The molecular formula is C50H33NOS. The third-order valence-electron chi connectivity index (χ3n) is 11.4. The molecule has 1 aliphatic rings. The van der Waals surface area contributed by atoms with Crippen LogP contribution in [0.3, 0.4) is 0 Å². The van der Waals surface area contributed by atoms with Gasteiger partial charge in [-0.15, -0.1) is 11.3 Å². The van der Waals surface area contributed by atoms with Crippen molar-refractivity contribution in [2.75, 3.05) is 4.90 Å². The molecule has 0 amide bonds. The average Bonchev–Trinajstić information content (AvgIpc) is 3.88. The molecule has 0 unspecified atom stereocenters. The van der Waals surface area contributed by atoms with Gasteiger partial charge in [0.2, 0.25) is 0 Å². The zero-order chi connectivity index (χ0) is 35.1. The van der Waals surface area contributed by atoms with Crippen molar-refractivity contribution in [1.82, 2.24) is 0 Å². The number of rotatable bonds is 5. The molecule has 2 aromatic heterocycles. The molecule has 0 saturated heterocycles. The first-order chi connectivity index (χ1) is 26.2. The predicted octanol–water partition coefficient (Wildman–Crippen LogP) is 14.4. The van der Waals surface area contributed by atoms with Crippen LogP contribution in [0.15, 0.2) is 186 Å². The highest BCUT2D eigenvalue weighted by molar-refractivity contribution is 7.26. The summed E-state index contributed by atoms with van der Waals surface area (Å²) in [4.78, 5) is 2.44. The van der Waals surface area contributed by atoms with E-state index in [4.69, 9.17) is 4.42 Å². The topological polar surface area (TPSA) is 16.4 Å². The number of hydrogen-bond acceptors (Lipinski definition) is 3.